The van der Waals surface area contributed by atoms with Crippen LogP contribution in [0.3, 0.4) is 0 Å². The van der Waals surface area contributed by atoms with Crippen molar-refractivity contribution in [3.8, 4) is 0 Å². The first-order chi connectivity index (χ1) is 12.0. The summed E-state index contributed by atoms with van der Waals surface area (Å²) in [6, 6.07) is 10.0. The van der Waals surface area contributed by atoms with Gasteiger partial charge in [0.1, 0.15) is 0 Å². The maximum atomic E-state index is 12.5. The number of rotatable bonds is 7. The lowest BCUT2D eigenvalue weighted by Crippen LogP contribution is -2.49. The number of piperidine rings is 1. The molecule has 2 atom stereocenters. The Labute approximate surface area is 150 Å². The number of carbonyl (C=O) groups excluding carboxylic acids is 2. The highest BCUT2D eigenvalue weighted by Crippen LogP contribution is 2.20. The average molecular weight is 346 g/mol. The molecular formula is C20H30N2O3. The number of amides is 1. The Hall–Kier alpha value is -1.88. The molecule has 1 aliphatic rings. The molecule has 0 aliphatic carbocycles. The maximum absolute atomic E-state index is 12.5. The lowest BCUT2D eigenvalue weighted by atomic mass is 9.96. The second-order valence-corrected chi connectivity index (χ2v) is 6.80. The molecule has 5 heteroatoms. The van der Waals surface area contributed by atoms with Crippen LogP contribution in [0.5, 0.6) is 0 Å². The first-order valence-electron chi connectivity index (χ1n) is 9.26. The maximum Gasteiger partial charge on any atom is 0.309 e. The molecular weight excluding hydrogens is 316 g/mol. The lowest BCUT2D eigenvalue weighted by molar-refractivity contribution is -0.149. The minimum absolute atomic E-state index is 0.0236. The number of esters is 1. The summed E-state index contributed by atoms with van der Waals surface area (Å²) in [4.78, 5) is 26.4. The molecule has 25 heavy (non-hydrogen) atoms. The largest absolute Gasteiger partial charge is 0.466 e. The van der Waals surface area contributed by atoms with Crippen molar-refractivity contribution < 1.29 is 14.3 Å². The molecule has 5 nitrogen and oxygen atoms in total. The van der Waals surface area contributed by atoms with Gasteiger partial charge in [0.25, 0.3) is 0 Å². The van der Waals surface area contributed by atoms with Gasteiger partial charge in [-0.1, -0.05) is 37.3 Å². The quantitative estimate of drug-likeness (QED) is 0.771. The van der Waals surface area contributed by atoms with Gasteiger partial charge in [0.15, 0.2) is 0 Å². The number of nitrogens with one attached hydrogen (secondary N) is 1. The van der Waals surface area contributed by atoms with E-state index in [0.717, 1.165) is 25.9 Å². The van der Waals surface area contributed by atoms with E-state index in [0.29, 0.717) is 13.2 Å². The van der Waals surface area contributed by atoms with E-state index in [1.165, 1.54) is 5.56 Å². The summed E-state index contributed by atoms with van der Waals surface area (Å²) < 4.78 is 5.09. The summed E-state index contributed by atoms with van der Waals surface area (Å²) >= 11 is 0. The van der Waals surface area contributed by atoms with Gasteiger partial charge in [-0.15, -0.1) is 0 Å². The summed E-state index contributed by atoms with van der Waals surface area (Å²) in [7, 11) is 0. The number of hydrogen-bond donors (Lipinski definition) is 1. The Balaban J connectivity index is 1.76. The van der Waals surface area contributed by atoms with Gasteiger partial charge in [0, 0.05) is 6.54 Å². The lowest BCUT2D eigenvalue weighted by Gasteiger charge is -2.34. The summed E-state index contributed by atoms with van der Waals surface area (Å²) in [6.07, 6.45) is 1.52. The Kier molecular flexibility index (Phi) is 7.44. The van der Waals surface area contributed by atoms with Crippen LogP contribution < -0.4 is 5.32 Å². The fourth-order valence-electron chi connectivity index (χ4n) is 3.25. The molecule has 1 N–H and O–H groups in total. The number of nitrogens with zero attached hydrogens (tertiary/aromatic N) is 1. The van der Waals surface area contributed by atoms with Crippen LogP contribution in [0.2, 0.25) is 0 Å². The Bertz CT molecular complexity index is 553. The molecule has 2 rings (SSSR count). The van der Waals surface area contributed by atoms with Gasteiger partial charge < -0.3 is 10.1 Å². The normalized spacial score (nSPS) is 18.4. The average Bonchev–Trinajstić information content (AvgIpc) is 2.66. The van der Waals surface area contributed by atoms with Crippen molar-refractivity contribution in [1.82, 2.24) is 10.2 Å². The first-order valence-corrected chi connectivity index (χ1v) is 9.26. The van der Waals surface area contributed by atoms with E-state index in [1.807, 2.05) is 32.0 Å². The number of carbonyl (C=O) groups is 2. The molecule has 2 unspecified atom stereocenters. The molecule has 1 aliphatic heterocycles. The van der Waals surface area contributed by atoms with E-state index in [4.69, 9.17) is 4.74 Å². The highest BCUT2D eigenvalue weighted by molar-refractivity contribution is 5.81. The highest BCUT2D eigenvalue weighted by Gasteiger charge is 2.30. The predicted molar refractivity (Wildman–Crippen MR) is 98.3 cm³/mol. The summed E-state index contributed by atoms with van der Waals surface area (Å²) in [5.74, 6) is 0.213. The first kappa shape index (κ1) is 19.4. The van der Waals surface area contributed by atoms with E-state index >= 15 is 0 Å². The molecule has 1 amide bonds. The molecule has 0 radical (unpaired) electrons. The van der Waals surface area contributed by atoms with Crippen molar-refractivity contribution in [2.45, 2.75) is 45.6 Å². The molecule has 1 aromatic rings. The molecule has 0 bridgehead atoms. The van der Waals surface area contributed by atoms with Crippen molar-refractivity contribution in [2.75, 3.05) is 26.2 Å². The smallest absolute Gasteiger partial charge is 0.309 e. The summed E-state index contributed by atoms with van der Waals surface area (Å²) in [6.45, 7) is 8.46. The zero-order valence-electron chi connectivity index (χ0n) is 15.5. The number of likely N-dealkylation sites (tertiary alicyclic amines) is 1. The summed E-state index contributed by atoms with van der Waals surface area (Å²) in [5, 5.41) is 3.06. The second kappa shape index (κ2) is 9.56. The molecule has 138 valence electrons. The Morgan fingerprint density at radius 2 is 1.84 bits per heavy atom. The van der Waals surface area contributed by atoms with Crippen LogP contribution in [0, 0.1) is 5.92 Å². The topological polar surface area (TPSA) is 58.6 Å². The van der Waals surface area contributed by atoms with Crippen LogP contribution >= 0.6 is 0 Å². The van der Waals surface area contributed by atoms with E-state index in [1.54, 1.807) is 0 Å². The van der Waals surface area contributed by atoms with Crippen LogP contribution in [0.15, 0.2) is 30.3 Å². The van der Waals surface area contributed by atoms with Crippen LogP contribution in [0.25, 0.3) is 0 Å². The zero-order valence-corrected chi connectivity index (χ0v) is 15.5. The molecule has 1 fully saturated rings. The second-order valence-electron chi connectivity index (χ2n) is 6.80. The number of ether oxygens (including phenoxy) is 1. The van der Waals surface area contributed by atoms with E-state index in [9.17, 15) is 9.59 Å². The van der Waals surface area contributed by atoms with Gasteiger partial charge in [-0.2, -0.15) is 0 Å². The SMILES string of the molecule is CCOC(=O)C1CCN(C(C)C(=O)NCC(C)c2ccccc2)CC1. The van der Waals surface area contributed by atoms with Crippen molar-refractivity contribution in [3.05, 3.63) is 35.9 Å². The molecule has 0 saturated carbocycles. The Morgan fingerprint density at radius 3 is 2.44 bits per heavy atom. The fourth-order valence-corrected chi connectivity index (χ4v) is 3.25. The van der Waals surface area contributed by atoms with Gasteiger partial charge in [0.2, 0.25) is 5.91 Å². The molecule has 1 saturated heterocycles. The number of hydrogen-bond acceptors (Lipinski definition) is 4. The van der Waals surface area contributed by atoms with Gasteiger partial charge >= 0.3 is 5.97 Å². The van der Waals surface area contributed by atoms with E-state index in [2.05, 4.69) is 29.3 Å². The standard InChI is InChI=1S/C20H30N2O3/c1-4-25-20(24)18-10-12-22(13-11-18)16(3)19(23)21-14-15(2)17-8-6-5-7-9-17/h5-9,15-16,18H,4,10-14H2,1-3H3,(H,21,23). The highest BCUT2D eigenvalue weighted by atomic mass is 16.5. The van der Waals surface area contributed by atoms with Crippen molar-refractivity contribution in [3.63, 3.8) is 0 Å². The van der Waals surface area contributed by atoms with E-state index in [-0.39, 0.29) is 29.8 Å². The van der Waals surface area contributed by atoms with Gasteiger partial charge in [-0.25, -0.2) is 0 Å². The fraction of sp³-hybridized carbons (Fsp3) is 0.600. The van der Waals surface area contributed by atoms with E-state index < -0.39 is 0 Å². The van der Waals surface area contributed by atoms with Crippen LogP contribution in [-0.4, -0.2) is 49.1 Å². The molecule has 1 heterocycles. The van der Waals surface area contributed by atoms with Crippen LogP contribution in [0.1, 0.15) is 45.1 Å². The van der Waals surface area contributed by atoms with Crippen molar-refractivity contribution >= 4 is 11.9 Å². The van der Waals surface area contributed by atoms with Gasteiger partial charge in [0.05, 0.1) is 18.6 Å². The third kappa shape index (κ3) is 5.56. The van der Waals surface area contributed by atoms with Crippen molar-refractivity contribution in [2.24, 2.45) is 5.92 Å². The third-order valence-electron chi connectivity index (χ3n) is 5.03. The van der Waals surface area contributed by atoms with Crippen LogP contribution in [0.4, 0.5) is 0 Å². The van der Waals surface area contributed by atoms with Gasteiger partial charge in [-0.3, -0.25) is 14.5 Å². The third-order valence-corrected chi connectivity index (χ3v) is 5.03. The Morgan fingerprint density at radius 1 is 1.20 bits per heavy atom. The zero-order chi connectivity index (χ0) is 18.2. The number of benzene rings is 1. The van der Waals surface area contributed by atoms with Gasteiger partial charge in [-0.05, 0) is 51.3 Å². The predicted octanol–water partition coefficient (Wildman–Crippen LogP) is 2.57. The minimum Gasteiger partial charge on any atom is -0.466 e. The molecule has 0 aromatic heterocycles. The van der Waals surface area contributed by atoms with Crippen LogP contribution in [-0.2, 0) is 14.3 Å². The molecule has 0 spiro atoms. The van der Waals surface area contributed by atoms with Crippen molar-refractivity contribution in [1.29, 1.82) is 0 Å². The minimum atomic E-state index is -0.175. The molecule has 1 aromatic carbocycles. The summed E-state index contributed by atoms with van der Waals surface area (Å²) in [5.41, 5.74) is 1.23. The monoisotopic (exact) mass is 346 g/mol.